The molecule has 0 radical (unpaired) electrons. The minimum absolute atomic E-state index is 0.618. The van der Waals surface area contributed by atoms with Gasteiger partial charge in [0, 0.05) is 11.1 Å². The topological polar surface area (TPSA) is 69.4 Å². The highest BCUT2D eigenvalue weighted by atomic mass is 35.5. The average Bonchev–Trinajstić information content (AvgIpc) is 2.28. The van der Waals surface area contributed by atoms with E-state index in [9.17, 15) is 9.59 Å². The van der Waals surface area contributed by atoms with Crippen LogP contribution in [0, 0.1) is 0 Å². The summed E-state index contributed by atoms with van der Waals surface area (Å²) in [7, 11) is 0. The SMILES string of the molecule is C[C@H](OC(=O)/C=C/c1ccc(Cl)cc1)C(N)=O. The van der Waals surface area contributed by atoms with Gasteiger partial charge in [0.2, 0.25) is 0 Å². The zero-order valence-corrected chi connectivity index (χ0v) is 9.98. The molecule has 17 heavy (non-hydrogen) atoms. The van der Waals surface area contributed by atoms with E-state index in [1.54, 1.807) is 30.3 Å². The molecule has 0 heterocycles. The van der Waals surface area contributed by atoms with Gasteiger partial charge in [-0.3, -0.25) is 4.79 Å². The standard InChI is InChI=1S/C12H12ClNO3/c1-8(12(14)16)17-11(15)7-4-9-2-5-10(13)6-3-9/h2-8H,1H3,(H2,14,16)/b7-4+/t8-/m0/s1. The lowest BCUT2D eigenvalue weighted by molar-refractivity contribution is -0.148. The predicted molar refractivity (Wildman–Crippen MR) is 65.2 cm³/mol. The fourth-order valence-corrected chi connectivity index (χ4v) is 1.14. The van der Waals surface area contributed by atoms with Crippen LogP contribution < -0.4 is 5.73 Å². The van der Waals surface area contributed by atoms with Gasteiger partial charge >= 0.3 is 5.97 Å². The molecule has 0 aromatic heterocycles. The van der Waals surface area contributed by atoms with Crippen LogP contribution in [0.15, 0.2) is 30.3 Å². The van der Waals surface area contributed by atoms with Gasteiger partial charge in [-0.2, -0.15) is 0 Å². The van der Waals surface area contributed by atoms with Crippen molar-refractivity contribution in [2.24, 2.45) is 5.73 Å². The summed E-state index contributed by atoms with van der Waals surface area (Å²) < 4.78 is 4.73. The zero-order valence-electron chi connectivity index (χ0n) is 9.22. The second kappa shape index (κ2) is 6.06. The Morgan fingerprint density at radius 3 is 2.47 bits per heavy atom. The number of ether oxygens (including phenoxy) is 1. The second-order valence-electron chi connectivity index (χ2n) is 3.37. The number of carbonyl (C=O) groups is 2. The molecule has 90 valence electrons. The van der Waals surface area contributed by atoms with Gasteiger partial charge in [0.25, 0.3) is 5.91 Å². The first-order valence-electron chi connectivity index (χ1n) is 4.92. The molecule has 1 aromatic rings. The van der Waals surface area contributed by atoms with Crippen molar-refractivity contribution in [2.75, 3.05) is 0 Å². The van der Waals surface area contributed by atoms with Gasteiger partial charge in [0.1, 0.15) is 0 Å². The zero-order chi connectivity index (χ0) is 12.8. The molecule has 2 N–H and O–H groups in total. The molecule has 1 aromatic carbocycles. The van der Waals surface area contributed by atoms with Gasteiger partial charge < -0.3 is 10.5 Å². The molecule has 5 heteroatoms. The molecular formula is C12H12ClNO3. The van der Waals surface area contributed by atoms with Crippen LogP contribution in [-0.2, 0) is 14.3 Å². The van der Waals surface area contributed by atoms with E-state index in [4.69, 9.17) is 22.1 Å². The smallest absolute Gasteiger partial charge is 0.331 e. The molecule has 0 aliphatic heterocycles. The lowest BCUT2D eigenvalue weighted by Gasteiger charge is -2.06. The first-order chi connectivity index (χ1) is 7.99. The first-order valence-corrected chi connectivity index (χ1v) is 5.30. The van der Waals surface area contributed by atoms with Gasteiger partial charge in [-0.05, 0) is 30.7 Å². The van der Waals surface area contributed by atoms with E-state index < -0.39 is 18.0 Å². The highest BCUT2D eigenvalue weighted by Gasteiger charge is 2.11. The third-order valence-electron chi connectivity index (χ3n) is 1.98. The number of hydrogen-bond donors (Lipinski definition) is 1. The maximum absolute atomic E-state index is 11.3. The lowest BCUT2D eigenvalue weighted by atomic mass is 10.2. The average molecular weight is 254 g/mol. The minimum atomic E-state index is -0.933. The molecule has 1 amide bonds. The lowest BCUT2D eigenvalue weighted by Crippen LogP contribution is -2.29. The van der Waals surface area contributed by atoms with Gasteiger partial charge in [0.05, 0.1) is 0 Å². The third-order valence-corrected chi connectivity index (χ3v) is 2.23. The van der Waals surface area contributed by atoms with Crippen molar-refractivity contribution in [3.8, 4) is 0 Å². The Bertz CT molecular complexity index is 440. The fraction of sp³-hybridized carbons (Fsp3) is 0.167. The van der Waals surface area contributed by atoms with E-state index in [1.807, 2.05) is 0 Å². The Morgan fingerprint density at radius 2 is 1.94 bits per heavy atom. The molecular weight excluding hydrogens is 242 g/mol. The number of primary amides is 1. The molecule has 0 aliphatic carbocycles. The molecule has 0 spiro atoms. The molecule has 1 rings (SSSR count). The van der Waals surface area contributed by atoms with E-state index in [2.05, 4.69) is 0 Å². The van der Waals surface area contributed by atoms with Crippen LogP contribution in [-0.4, -0.2) is 18.0 Å². The van der Waals surface area contributed by atoms with Gasteiger partial charge in [0.15, 0.2) is 6.10 Å². The van der Waals surface area contributed by atoms with Gasteiger partial charge in [-0.25, -0.2) is 4.79 Å². The normalized spacial score (nSPS) is 12.4. The summed E-state index contributed by atoms with van der Waals surface area (Å²) >= 11 is 5.71. The number of amides is 1. The Balaban J connectivity index is 2.56. The van der Waals surface area contributed by atoms with Gasteiger partial charge in [-0.1, -0.05) is 23.7 Å². The Hall–Kier alpha value is -1.81. The molecule has 4 nitrogen and oxygen atoms in total. The van der Waals surface area contributed by atoms with Crippen LogP contribution in [0.3, 0.4) is 0 Å². The number of esters is 1. The van der Waals surface area contributed by atoms with E-state index >= 15 is 0 Å². The monoisotopic (exact) mass is 253 g/mol. The quantitative estimate of drug-likeness (QED) is 0.657. The Labute approximate surface area is 104 Å². The summed E-state index contributed by atoms with van der Waals surface area (Å²) in [5.41, 5.74) is 5.76. The number of carbonyl (C=O) groups excluding carboxylic acids is 2. The first kappa shape index (κ1) is 13.3. The van der Waals surface area contributed by atoms with Crippen LogP contribution in [0.5, 0.6) is 0 Å². The summed E-state index contributed by atoms with van der Waals surface area (Å²) in [6.45, 7) is 1.41. The summed E-state index contributed by atoms with van der Waals surface area (Å²) in [4.78, 5) is 21.9. The molecule has 0 unspecified atom stereocenters. The molecule has 0 saturated heterocycles. The number of benzene rings is 1. The van der Waals surface area contributed by atoms with Crippen molar-refractivity contribution in [1.82, 2.24) is 0 Å². The van der Waals surface area contributed by atoms with Crippen molar-refractivity contribution >= 4 is 29.6 Å². The maximum atomic E-state index is 11.3. The highest BCUT2D eigenvalue weighted by Crippen LogP contribution is 2.10. The largest absolute Gasteiger partial charge is 0.449 e. The second-order valence-corrected chi connectivity index (χ2v) is 3.80. The van der Waals surface area contributed by atoms with E-state index in [0.29, 0.717) is 5.02 Å². The molecule has 0 aliphatic rings. The molecule has 0 fully saturated rings. The maximum Gasteiger partial charge on any atom is 0.331 e. The fourth-order valence-electron chi connectivity index (χ4n) is 1.01. The summed E-state index contributed by atoms with van der Waals surface area (Å²) in [6.07, 6.45) is 1.85. The number of rotatable bonds is 4. The van der Waals surface area contributed by atoms with E-state index in [-0.39, 0.29) is 0 Å². The van der Waals surface area contributed by atoms with Gasteiger partial charge in [-0.15, -0.1) is 0 Å². The van der Waals surface area contributed by atoms with Crippen LogP contribution in [0.2, 0.25) is 5.02 Å². The summed E-state index contributed by atoms with van der Waals surface area (Å²) in [5.74, 6) is -1.30. The molecule has 1 atom stereocenters. The van der Waals surface area contributed by atoms with Crippen molar-refractivity contribution in [3.05, 3.63) is 40.9 Å². The van der Waals surface area contributed by atoms with Crippen molar-refractivity contribution in [2.45, 2.75) is 13.0 Å². The summed E-state index contributed by atoms with van der Waals surface area (Å²) in [5, 5.41) is 0.618. The van der Waals surface area contributed by atoms with E-state index in [0.717, 1.165) is 5.56 Å². The predicted octanol–water partition coefficient (Wildman–Crippen LogP) is 1.77. The minimum Gasteiger partial charge on any atom is -0.449 e. The van der Waals surface area contributed by atoms with Crippen LogP contribution in [0.25, 0.3) is 6.08 Å². The Morgan fingerprint density at radius 1 is 1.35 bits per heavy atom. The Kier molecular flexibility index (Phi) is 4.72. The van der Waals surface area contributed by atoms with Crippen molar-refractivity contribution in [3.63, 3.8) is 0 Å². The number of halogens is 1. The van der Waals surface area contributed by atoms with Crippen molar-refractivity contribution in [1.29, 1.82) is 0 Å². The number of hydrogen-bond acceptors (Lipinski definition) is 3. The van der Waals surface area contributed by atoms with Crippen LogP contribution in [0.1, 0.15) is 12.5 Å². The molecule has 0 bridgehead atoms. The number of nitrogens with two attached hydrogens (primary N) is 1. The van der Waals surface area contributed by atoms with E-state index in [1.165, 1.54) is 13.0 Å². The summed E-state index contributed by atoms with van der Waals surface area (Å²) in [6, 6.07) is 6.92. The third kappa shape index (κ3) is 4.70. The molecule has 0 saturated carbocycles. The van der Waals surface area contributed by atoms with Crippen molar-refractivity contribution < 1.29 is 14.3 Å². The van der Waals surface area contributed by atoms with Crippen LogP contribution in [0.4, 0.5) is 0 Å². The van der Waals surface area contributed by atoms with Crippen LogP contribution >= 0.6 is 11.6 Å². The highest BCUT2D eigenvalue weighted by molar-refractivity contribution is 6.30.